The monoisotopic (exact) mass is 398 g/mol. The molecule has 2 heterocycles. The second kappa shape index (κ2) is 6.94. The van der Waals surface area contributed by atoms with Crippen molar-refractivity contribution in [2.24, 2.45) is 5.10 Å². The van der Waals surface area contributed by atoms with Crippen molar-refractivity contribution in [1.82, 2.24) is 14.9 Å². The van der Waals surface area contributed by atoms with Gasteiger partial charge in [0.05, 0.1) is 10.6 Å². The van der Waals surface area contributed by atoms with E-state index < -0.39 is 9.84 Å². The van der Waals surface area contributed by atoms with Crippen LogP contribution in [0.4, 0.5) is 0 Å². The minimum Gasteiger partial charge on any atom is -0.224 e. The third-order valence-corrected chi connectivity index (χ3v) is 6.39. The van der Waals surface area contributed by atoms with Crippen LogP contribution in [0.15, 0.2) is 63.7 Å². The maximum absolute atomic E-state index is 11.6. The van der Waals surface area contributed by atoms with Gasteiger partial charge in [-0.2, -0.15) is 9.78 Å². The molecule has 138 valence electrons. The van der Waals surface area contributed by atoms with Crippen LogP contribution in [-0.4, -0.2) is 41.0 Å². The third kappa shape index (κ3) is 3.81. The van der Waals surface area contributed by atoms with Crippen LogP contribution in [0.3, 0.4) is 0 Å². The molecule has 0 radical (unpaired) electrons. The first-order valence-electron chi connectivity index (χ1n) is 8.41. The van der Waals surface area contributed by atoms with Gasteiger partial charge in [-0.15, -0.1) is 10.2 Å². The Bertz CT molecular complexity index is 1120. The first kappa shape index (κ1) is 17.9. The fraction of sp³-hybridized carbons (Fsp3) is 0.211. The molecule has 0 atom stereocenters. The summed E-state index contributed by atoms with van der Waals surface area (Å²) >= 11 is 1.61. The molecule has 0 unspecified atom stereocenters. The Morgan fingerprint density at radius 3 is 2.41 bits per heavy atom. The van der Waals surface area contributed by atoms with E-state index in [0.29, 0.717) is 11.3 Å². The summed E-state index contributed by atoms with van der Waals surface area (Å²) in [5, 5.41) is 14.0. The average molecular weight is 399 g/mol. The fourth-order valence-corrected chi connectivity index (χ4v) is 4.29. The standard InChI is InChI=1S/C19H18N4O2S2/c1-13-3-7-15(8-4-13)17-12-26-19-21-20-18(23(19)22-17)11-14-5-9-16(10-6-14)27(2,24)25/h3-10H,11-12H2,1-2H3. The lowest BCUT2D eigenvalue weighted by Gasteiger charge is -2.14. The van der Waals surface area contributed by atoms with E-state index in [2.05, 4.69) is 41.4 Å². The van der Waals surface area contributed by atoms with Crippen LogP contribution in [0, 0.1) is 6.92 Å². The lowest BCUT2D eigenvalue weighted by molar-refractivity contribution is 0.602. The molecular weight excluding hydrogens is 380 g/mol. The number of hydrogen-bond donors (Lipinski definition) is 0. The highest BCUT2D eigenvalue weighted by atomic mass is 32.2. The zero-order valence-electron chi connectivity index (χ0n) is 15.0. The van der Waals surface area contributed by atoms with E-state index >= 15 is 0 Å². The van der Waals surface area contributed by atoms with Gasteiger partial charge in [0.1, 0.15) is 0 Å². The smallest absolute Gasteiger partial charge is 0.212 e. The molecule has 0 saturated heterocycles. The summed E-state index contributed by atoms with van der Waals surface area (Å²) in [5.41, 5.74) is 4.25. The summed E-state index contributed by atoms with van der Waals surface area (Å²) in [6, 6.07) is 15.2. The van der Waals surface area contributed by atoms with E-state index in [1.807, 2.05) is 0 Å². The summed E-state index contributed by atoms with van der Waals surface area (Å²) in [7, 11) is -3.20. The lowest BCUT2D eigenvalue weighted by Crippen LogP contribution is -2.14. The molecule has 2 aromatic carbocycles. The van der Waals surface area contributed by atoms with Crippen molar-refractivity contribution < 1.29 is 8.42 Å². The van der Waals surface area contributed by atoms with Gasteiger partial charge >= 0.3 is 0 Å². The summed E-state index contributed by atoms with van der Waals surface area (Å²) in [6.45, 7) is 2.06. The maximum atomic E-state index is 11.6. The molecule has 3 aromatic rings. The van der Waals surface area contributed by atoms with Crippen molar-refractivity contribution in [3.63, 3.8) is 0 Å². The number of hydrogen-bond acceptors (Lipinski definition) is 6. The highest BCUT2D eigenvalue weighted by molar-refractivity contribution is 7.99. The van der Waals surface area contributed by atoms with E-state index in [1.54, 1.807) is 40.7 Å². The van der Waals surface area contributed by atoms with Crippen molar-refractivity contribution in [2.45, 2.75) is 23.4 Å². The Balaban J connectivity index is 1.62. The molecule has 0 bridgehead atoms. The van der Waals surface area contributed by atoms with Crippen LogP contribution in [0.5, 0.6) is 0 Å². The minimum atomic E-state index is -3.20. The quantitative estimate of drug-likeness (QED) is 0.675. The Morgan fingerprint density at radius 2 is 1.74 bits per heavy atom. The Labute approximate surface area is 162 Å². The van der Waals surface area contributed by atoms with Crippen LogP contribution in [0.1, 0.15) is 22.5 Å². The number of aromatic nitrogens is 3. The van der Waals surface area contributed by atoms with E-state index in [9.17, 15) is 8.42 Å². The molecule has 0 saturated carbocycles. The highest BCUT2D eigenvalue weighted by Gasteiger charge is 2.20. The molecular formula is C19H18N4O2S2. The number of nitrogens with zero attached hydrogens (tertiary/aromatic N) is 4. The van der Waals surface area contributed by atoms with Gasteiger partial charge in [-0.25, -0.2) is 8.42 Å². The van der Waals surface area contributed by atoms with Crippen LogP contribution in [0.25, 0.3) is 0 Å². The molecule has 8 heteroatoms. The summed E-state index contributed by atoms with van der Waals surface area (Å²) in [5.74, 6) is 1.48. The predicted octanol–water partition coefficient (Wildman–Crippen LogP) is 2.94. The maximum Gasteiger partial charge on any atom is 0.212 e. The molecule has 0 N–H and O–H groups in total. The number of fused-ring (bicyclic) bond motifs is 1. The van der Waals surface area contributed by atoms with Crippen molar-refractivity contribution in [3.8, 4) is 0 Å². The SMILES string of the molecule is Cc1ccc(C2=Nn3c(Cc4ccc(S(C)(=O)=O)cc4)nnc3SC2)cc1. The average Bonchev–Trinajstić information content (AvgIpc) is 3.04. The number of aryl methyl sites for hydroxylation is 1. The Hall–Kier alpha value is -2.45. The second-order valence-electron chi connectivity index (χ2n) is 6.50. The second-order valence-corrected chi connectivity index (χ2v) is 9.46. The molecule has 0 aliphatic carbocycles. The molecule has 6 nitrogen and oxygen atoms in total. The number of benzene rings is 2. The Morgan fingerprint density at radius 1 is 1.04 bits per heavy atom. The predicted molar refractivity (Wildman–Crippen MR) is 106 cm³/mol. The van der Waals surface area contributed by atoms with Gasteiger partial charge in [-0.3, -0.25) is 0 Å². The summed E-state index contributed by atoms with van der Waals surface area (Å²) in [4.78, 5) is 0.310. The normalized spacial score (nSPS) is 13.9. The molecule has 1 aliphatic heterocycles. The minimum absolute atomic E-state index is 0.310. The van der Waals surface area contributed by atoms with Gasteiger partial charge < -0.3 is 0 Å². The molecule has 4 rings (SSSR count). The zero-order valence-corrected chi connectivity index (χ0v) is 16.6. The molecule has 27 heavy (non-hydrogen) atoms. The lowest BCUT2D eigenvalue weighted by atomic mass is 10.1. The first-order valence-corrected chi connectivity index (χ1v) is 11.3. The topological polar surface area (TPSA) is 77.2 Å². The third-order valence-electron chi connectivity index (χ3n) is 4.33. The van der Waals surface area contributed by atoms with Gasteiger partial charge in [0.2, 0.25) is 5.16 Å². The number of rotatable bonds is 4. The summed E-state index contributed by atoms with van der Waals surface area (Å²) in [6.07, 6.45) is 1.73. The molecule has 0 spiro atoms. The van der Waals surface area contributed by atoms with E-state index in [4.69, 9.17) is 5.10 Å². The number of thioether (sulfide) groups is 1. The van der Waals surface area contributed by atoms with Crippen LogP contribution < -0.4 is 0 Å². The first-order chi connectivity index (χ1) is 12.9. The van der Waals surface area contributed by atoms with E-state index in [1.165, 1.54) is 11.8 Å². The van der Waals surface area contributed by atoms with Crippen molar-refractivity contribution in [3.05, 3.63) is 71.0 Å². The molecule has 0 amide bonds. The van der Waals surface area contributed by atoms with E-state index in [-0.39, 0.29) is 0 Å². The van der Waals surface area contributed by atoms with E-state index in [0.717, 1.165) is 33.6 Å². The van der Waals surface area contributed by atoms with Gasteiger partial charge in [-0.05, 0) is 30.2 Å². The highest BCUT2D eigenvalue weighted by Crippen LogP contribution is 2.25. The van der Waals surface area contributed by atoms with Crippen molar-refractivity contribution >= 4 is 27.3 Å². The van der Waals surface area contributed by atoms with Crippen LogP contribution in [0.2, 0.25) is 0 Å². The van der Waals surface area contributed by atoms with Gasteiger partial charge in [0.15, 0.2) is 15.7 Å². The zero-order chi connectivity index (χ0) is 19.0. The van der Waals surface area contributed by atoms with Gasteiger partial charge in [-0.1, -0.05) is 53.7 Å². The molecule has 1 aromatic heterocycles. The van der Waals surface area contributed by atoms with Gasteiger partial charge in [0, 0.05) is 18.4 Å². The van der Waals surface area contributed by atoms with Gasteiger partial charge in [0.25, 0.3) is 0 Å². The van der Waals surface area contributed by atoms with Crippen molar-refractivity contribution in [2.75, 3.05) is 12.0 Å². The summed E-state index contributed by atoms with van der Waals surface area (Å²) < 4.78 is 25.0. The molecule has 0 fully saturated rings. The number of sulfone groups is 1. The fourth-order valence-electron chi connectivity index (χ4n) is 2.80. The Kier molecular flexibility index (Phi) is 4.61. The van der Waals surface area contributed by atoms with Crippen LogP contribution in [-0.2, 0) is 16.3 Å². The van der Waals surface area contributed by atoms with Crippen LogP contribution >= 0.6 is 11.8 Å². The largest absolute Gasteiger partial charge is 0.224 e. The molecule has 1 aliphatic rings. The van der Waals surface area contributed by atoms with Crippen molar-refractivity contribution in [1.29, 1.82) is 0 Å².